The van der Waals surface area contributed by atoms with Crippen LogP contribution in [0.2, 0.25) is 0 Å². The monoisotopic (exact) mass is 285 g/mol. The summed E-state index contributed by atoms with van der Waals surface area (Å²) in [5.74, 6) is 1.34. The highest BCUT2D eigenvalue weighted by atomic mass is 16.6. The number of benzene rings is 1. The minimum atomic E-state index is -0.275. The van der Waals surface area contributed by atoms with Crippen LogP contribution in [0.3, 0.4) is 0 Å². The third-order valence-corrected chi connectivity index (χ3v) is 3.00. The number of carbonyl (C=O) groups is 1. The Kier molecular flexibility index (Phi) is 3.86. The summed E-state index contributed by atoms with van der Waals surface area (Å²) in [5, 5.41) is 5.54. The Hall–Kier alpha value is -2.76. The average Bonchev–Trinajstić information content (AvgIpc) is 2.54. The first-order valence-electron chi connectivity index (χ1n) is 6.65. The summed E-state index contributed by atoms with van der Waals surface area (Å²) in [6.45, 7) is 1.51. The van der Waals surface area contributed by atoms with Crippen molar-refractivity contribution >= 4 is 11.7 Å². The van der Waals surface area contributed by atoms with Crippen LogP contribution in [0.25, 0.3) is 0 Å². The Bertz CT molecular complexity index is 631. The van der Waals surface area contributed by atoms with Crippen molar-refractivity contribution in [3.05, 3.63) is 48.3 Å². The van der Waals surface area contributed by atoms with Crippen LogP contribution in [-0.2, 0) is 6.54 Å². The molecule has 0 saturated heterocycles. The Labute approximate surface area is 122 Å². The van der Waals surface area contributed by atoms with Crippen molar-refractivity contribution < 1.29 is 14.3 Å². The van der Waals surface area contributed by atoms with Gasteiger partial charge in [-0.25, -0.2) is 4.79 Å². The topological polar surface area (TPSA) is 72.5 Å². The molecule has 0 saturated carbocycles. The van der Waals surface area contributed by atoms with Crippen molar-refractivity contribution in [3.8, 4) is 11.5 Å². The van der Waals surface area contributed by atoms with Gasteiger partial charge in [-0.15, -0.1) is 0 Å². The summed E-state index contributed by atoms with van der Waals surface area (Å²) in [5.41, 5.74) is 1.65. The zero-order chi connectivity index (χ0) is 14.5. The first-order valence-corrected chi connectivity index (χ1v) is 6.65. The Morgan fingerprint density at radius 2 is 1.86 bits per heavy atom. The Balaban J connectivity index is 1.57. The van der Waals surface area contributed by atoms with Crippen LogP contribution in [0.1, 0.15) is 5.56 Å². The molecule has 1 aromatic heterocycles. The predicted octanol–water partition coefficient (Wildman–Crippen LogP) is 2.17. The van der Waals surface area contributed by atoms with E-state index in [0.717, 1.165) is 5.56 Å². The first-order chi connectivity index (χ1) is 10.3. The molecule has 2 heterocycles. The number of aromatic nitrogens is 1. The van der Waals surface area contributed by atoms with E-state index in [1.54, 1.807) is 30.6 Å². The molecule has 6 nitrogen and oxygen atoms in total. The van der Waals surface area contributed by atoms with E-state index >= 15 is 0 Å². The highest BCUT2D eigenvalue weighted by Crippen LogP contribution is 2.32. The average molecular weight is 285 g/mol. The van der Waals surface area contributed by atoms with Gasteiger partial charge in [0.1, 0.15) is 13.2 Å². The van der Waals surface area contributed by atoms with Gasteiger partial charge in [0.2, 0.25) is 0 Å². The molecule has 0 aliphatic carbocycles. The summed E-state index contributed by atoms with van der Waals surface area (Å²) in [4.78, 5) is 15.8. The first kappa shape index (κ1) is 13.2. The molecule has 0 atom stereocenters. The summed E-state index contributed by atoms with van der Waals surface area (Å²) >= 11 is 0. The van der Waals surface area contributed by atoms with Gasteiger partial charge < -0.3 is 20.1 Å². The molecule has 2 amide bonds. The molecule has 0 fully saturated rings. The summed E-state index contributed by atoms with van der Waals surface area (Å²) < 4.78 is 10.9. The van der Waals surface area contributed by atoms with Gasteiger partial charge in [-0.1, -0.05) is 0 Å². The second-order valence-corrected chi connectivity index (χ2v) is 4.52. The van der Waals surface area contributed by atoms with E-state index in [2.05, 4.69) is 15.6 Å². The number of ether oxygens (including phenoxy) is 2. The van der Waals surface area contributed by atoms with Gasteiger partial charge >= 0.3 is 6.03 Å². The number of nitrogens with zero attached hydrogens (tertiary/aromatic N) is 1. The van der Waals surface area contributed by atoms with Crippen LogP contribution < -0.4 is 20.1 Å². The second-order valence-electron chi connectivity index (χ2n) is 4.52. The standard InChI is InChI=1S/C15H15N3O3/c19-15(17-10-11-3-5-16-6-4-11)18-12-1-2-13-14(9-12)21-8-7-20-13/h1-6,9H,7-8,10H2,(H2,17,18,19). The number of hydrogen-bond acceptors (Lipinski definition) is 4. The molecule has 1 aromatic carbocycles. The van der Waals surface area contributed by atoms with E-state index in [1.807, 2.05) is 12.1 Å². The maximum absolute atomic E-state index is 11.8. The van der Waals surface area contributed by atoms with Gasteiger partial charge in [-0.2, -0.15) is 0 Å². The number of hydrogen-bond donors (Lipinski definition) is 2. The number of amides is 2. The molecule has 0 bridgehead atoms. The SMILES string of the molecule is O=C(NCc1ccncc1)Nc1ccc2c(c1)OCCO2. The fourth-order valence-corrected chi connectivity index (χ4v) is 1.98. The zero-order valence-corrected chi connectivity index (χ0v) is 11.3. The van der Waals surface area contributed by atoms with Gasteiger partial charge in [-0.3, -0.25) is 4.98 Å². The lowest BCUT2D eigenvalue weighted by Crippen LogP contribution is -2.28. The van der Waals surface area contributed by atoms with E-state index in [0.29, 0.717) is 36.9 Å². The van der Waals surface area contributed by atoms with E-state index < -0.39 is 0 Å². The lowest BCUT2D eigenvalue weighted by molar-refractivity contribution is 0.171. The third-order valence-electron chi connectivity index (χ3n) is 3.00. The van der Waals surface area contributed by atoms with Crippen LogP contribution in [-0.4, -0.2) is 24.2 Å². The number of pyridine rings is 1. The van der Waals surface area contributed by atoms with Crippen molar-refractivity contribution in [2.75, 3.05) is 18.5 Å². The molecule has 108 valence electrons. The molecule has 0 unspecified atom stereocenters. The smallest absolute Gasteiger partial charge is 0.319 e. The number of anilines is 1. The van der Waals surface area contributed by atoms with Gasteiger partial charge in [0.15, 0.2) is 11.5 Å². The molecule has 0 radical (unpaired) electrons. The third kappa shape index (κ3) is 3.42. The summed E-state index contributed by atoms with van der Waals surface area (Å²) in [6.07, 6.45) is 3.38. The summed E-state index contributed by atoms with van der Waals surface area (Å²) in [6, 6.07) is 8.74. The fourth-order valence-electron chi connectivity index (χ4n) is 1.98. The Morgan fingerprint density at radius 1 is 1.10 bits per heavy atom. The maximum atomic E-state index is 11.8. The number of fused-ring (bicyclic) bond motifs is 1. The van der Waals surface area contributed by atoms with Crippen molar-refractivity contribution in [1.82, 2.24) is 10.3 Å². The van der Waals surface area contributed by atoms with Crippen LogP contribution in [0, 0.1) is 0 Å². The largest absolute Gasteiger partial charge is 0.486 e. The van der Waals surface area contributed by atoms with E-state index in [9.17, 15) is 4.79 Å². The van der Waals surface area contributed by atoms with Gasteiger partial charge in [0.25, 0.3) is 0 Å². The molecule has 2 N–H and O–H groups in total. The number of carbonyl (C=O) groups excluding carboxylic acids is 1. The van der Waals surface area contributed by atoms with E-state index in [4.69, 9.17) is 9.47 Å². The van der Waals surface area contributed by atoms with E-state index in [-0.39, 0.29) is 6.03 Å². The number of nitrogens with one attached hydrogen (secondary N) is 2. The van der Waals surface area contributed by atoms with Crippen molar-refractivity contribution in [2.45, 2.75) is 6.54 Å². The molecule has 1 aliphatic heterocycles. The van der Waals surface area contributed by atoms with Crippen LogP contribution >= 0.6 is 0 Å². The van der Waals surface area contributed by atoms with Crippen LogP contribution in [0.15, 0.2) is 42.7 Å². The quantitative estimate of drug-likeness (QED) is 0.906. The lowest BCUT2D eigenvalue weighted by atomic mass is 10.2. The minimum Gasteiger partial charge on any atom is -0.486 e. The minimum absolute atomic E-state index is 0.275. The van der Waals surface area contributed by atoms with Gasteiger partial charge in [0.05, 0.1) is 0 Å². The molecule has 6 heteroatoms. The normalized spacial score (nSPS) is 12.6. The van der Waals surface area contributed by atoms with Gasteiger partial charge in [-0.05, 0) is 29.8 Å². The lowest BCUT2D eigenvalue weighted by Gasteiger charge is -2.19. The molecule has 1 aliphatic rings. The number of rotatable bonds is 3. The van der Waals surface area contributed by atoms with Crippen LogP contribution in [0.5, 0.6) is 11.5 Å². The fraction of sp³-hybridized carbons (Fsp3) is 0.200. The molecule has 21 heavy (non-hydrogen) atoms. The predicted molar refractivity (Wildman–Crippen MR) is 77.5 cm³/mol. The zero-order valence-electron chi connectivity index (χ0n) is 11.3. The molecule has 0 spiro atoms. The van der Waals surface area contributed by atoms with E-state index in [1.165, 1.54) is 0 Å². The highest BCUT2D eigenvalue weighted by Gasteiger charge is 2.12. The van der Waals surface area contributed by atoms with Crippen molar-refractivity contribution in [3.63, 3.8) is 0 Å². The van der Waals surface area contributed by atoms with Crippen molar-refractivity contribution in [2.24, 2.45) is 0 Å². The molecular weight excluding hydrogens is 270 g/mol. The maximum Gasteiger partial charge on any atom is 0.319 e. The highest BCUT2D eigenvalue weighted by molar-refractivity contribution is 5.89. The molecular formula is C15H15N3O3. The second kappa shape index (κ2) is 6.13. The summed E-state index contributed by atoms with van der Waals surface area (Å²) in [7, 11) is 0. The Morgan fingerprint density at radius 3 is 2.67 bits per heavy atom. The van der Waals surface area contributed by atoms with Gasteiger partial charge in [0, 0.05) is 30.7 Å². The molecule has 3 rings (SSSR count). The van der Waals surface area contributed by atoms with Crippen LogP contribution in [0.4, 0.5) is 10.5 Å². The number of urea groups is 1. The molecule has 2 aromatic rings. The van der Waals surface area contributed by atoms with Crippen molar-refractivity contribution in [1.29, 1.82) is 0 Å².